The van der Waals surface area contributed by atoms with Gasteiger partial charge in [0.2, 0.25) is 5.91 Å². The maximum atomic E-state index is 12.9. The zero-order valence-corrected chi connectivity index (χ0v) is 14.7. The van der Waals surface area contributed by atoms with Gasteiger partial charge in [-0.15, -0.1) is 0 Å². The number of carbonyl (C=O) groups excluding carboxylic acids is 1. The lowest BCUT2D eigenvalue weighted by Gasteiger charge is -2.26. The first kappa shape index (κ1) is 16.9. The molecule has 1 aliphatic heterocycles. The number of likely N-dealkylation sites (tertiary alicyclic amines) is 1. The van der Waals surface area contributed by atoms with Crippen LogP contribution in [-0.4, -0.2) is 39.6 Å². The van der Waals surface area contributed by atoms with Crippen LogP contribution in [0.3, 0.4) is 0 Å². The van der Waals surface area contributed by atoms with E-state index >= 15 is 0 Å². The van der Waals surface area contributed by atoms with Gasteiger partial charge in [0.1, 0.15) is 0 Å². The third kappa shape index (κ3) is 3.29. The average molecular weight is 326 g/mol. The molecule has 0 radical (unpaired) electrons. The third-order valence-corrected chi connectivity index (χ3v) is 5.12. The fraction of sp³-hybridized carbons (Fsp3) is 0.500. The van der Waals surface area contributed by atoms with E-state index in [9.17, 15) is 9.90 Å². The van der Waals surface area contributed by atoms with Gasteiger partial charge in [-0.3, -0.25) is 9.78 Å². The first-order valence-electron chi connectivity index (χ1n) is 8.79. The Morgan fingerprint density at radius 3 is 2.88 bits per heavy atom. The first-order chi connectivity index (χ1) is 11.5. The number of benzene rings is 1. The van der Waals surface area contributed by atoms with Crippen LogP contribution in [0, 0.1) is 13.8 Å². The van der Waals surface area contributed by atoms with Crippen LogP contribution < -0.4 is 0 Å². The number of pyridine rings is 1. The largest absolute Gasteiger partial charge is 0.393 e. The van der Waals surface area contributed by atoms with E-state index in [4.69, 9.17) is 0 Å². The summed E-state index contributed by atoms with van der Waals surface area (Å²) in [6, 6.07) is 8.25. The molecule has 2 aromatic rings. The maximum Gasteiger partial charge on any atom is 0.227 e. The number of nitrogens with zero attached hydrogens (tertiary/aromatic N) is 2. The molecular weight excluding hydrogens is 300 g/mol. The monoisotopic (exact) mass is 326 g/mol. The van der Waals surface area contributed by atoms with E-state index in [0.29, 0.717) is 12.8 Å². The van der Waals surface area contributed by atoms with Crippen molar-refractivity contribution in [2.75, 3.05) is 6.54 Å². The molecule has 4 heteroatoms. The van der Waals surface area contributed by atoms with Crippen LogP contribution in [-0.2, 0) is 11.2 Å². The van der Waals surface area contributed by atoms with Gasteiger partial charge in [0, 0.05) is 23.7 Å². The van der Waals surface area contributed by atoms with Crippen molar-refractivity contribution in [2.45, 2.75) is 58.6 Å². The zero-order chi connectivity index (χ0) is 17.3. The van der Waals surface area contributed by atoms with Gasteiger partial charge < -0.3 is 10.0 Å². The Morgan fingerprint density at radius 2 is 2.12 bits per heavy atom. The van der Waals surface area contributed by atoms with E-state index < -0.39 is 0 Å². The highest BCUT2D eigenvalue weighted by Gasteiger charge is 2.30. The summed E-state index contributed by atoms with van der Waals surface area (Å²) in [5.41, 5.74) is 4.11. The van der Waals surface area contributed by atoms with E-state index in [1.807, 2.05) is 30.0 Å². The fourth-order valence-corrected chi connectivity index (χ4v) is 3.89. The number of hydrogen-bond donors (Lipinski definition) is 1. The Morgan fingerprint density at radius 1 is 1.38 bits per heavy atom. The molecule has 2 unspecified atom stereocenters. The lowest BCUT2D eigenvalue weighted by atomic mass is 9.98. The van der Waals surface area contributed by atoms with Gasteiger partial charge in [-0.2, -0.15) is 0 Å². The molecule has 0 bridgehead atoms. The van der Waals surface area contributed by atoms with E-state index in [1.165, 1.54) is 0 Å². The number of fused-ring (bicyclic) bond motifs is 1. The Labute approximate surface area is 143 Å². The number of rotatable bonds is 4. The van der Waals surface area contributed by atoms with Gasteiger partial charge >= 0.3 is 0 Å². The number of hydrogen-bond acceptors (Lipinski definition) is 3. The van der Waals surface area contributed by atoms with Gasteiger partial charge in [-0.1, -0.05) is 18.2 Å². The first-order valence-corrected chi connectivity index (χ1v) is 8.79. The van der Waals surface area contributed by atoms with Crippen molar-refractivity contribution < 1.29 is 9.90 Å². The number of amides is 1. The van der Waals surface area contributed by atoms with Crippen LogP contribution in [0.1, 0.15) is 43.0 Å². The van der Waals surface area contributed by atoms with Gasteiger partial charge in [0.25, 0.3) is 0 Å². The number of aromatic nitrogens is 1. The van der Waals surface area contributed by atoms with Gasteiger partial charge in [-0.05, 0) is 57.2 Å². The highest BCUT2D eigenvalue weighted by atomic mass is 16.3. The Kier molecular flexibility index (Phi) is 4.86. The molecule has 1 amide bonds. The molecule has 1 aromatic heterocycles. The van der Waals surface area contributed by atoms with E-state index in [-0.39, 0.29) is 18.1 Å². The molecular formula is C20H26N2O2. The normalized spacial score (nSPS) is 19.0. The molecule has 3 rings (SSSR count). The molecule has 2 heterocycles. The number of para-hydroxylation sites is 1. The minimum atomic E-state index is -0.366. The minimum Gasteiger partial charge on any atom is -0.393 e. The van der Waals surface area contributed by atoms with Crippen LogP contribution in [0.4, 0.5) is 0 Å². The second kappa shape index (κ2) is 6.89. The quantitative estimate of drug-likeness (QED) is 0.939. The summed E-state index contributed by atoms with van der Waals surface area (Å²) >= 11 is 0. The van der Waals surface area contributed by atoms with Crippen molar-refractivity contribution >= 4 is 16.8 Å². The standard InChI is InChI=1S/C20H26N2O2/c1-13(23)11-16-7-6-10-22(16)20(24)12-18-14(2)17-8-4-5-9-19(17)21-15(18)3/h4-5,8-9,13,16,23H,6-7,10-12H2,1-3H3. The van der Waals surface area contributed by atoms with Crippen molar-refractivity contribution in [3.8, 4) is 0 Å². The molecule has 1 fully saturated rings. The van der Waals surface area contributed by atoms with Gasteiger partial charge in [-0.25, -0.2) is 0 Å². The van der Waals surface area contributed by atoms with E-state index in [0.717, 1.165) is 47.1 Å². The molecule has 4 nitrogen and oxygen atoms in total. The van der Waals surface area contributed by atoms with Crippen molar-refractivity contribution in [2.24, 2.45) is 0 Å². The number of aryl methyl sites for hydroxylation is 2. The number of aliphatic hydroxyl groups is 1. The summed E-state index contributed by atoms with van der Waals surface area (Å²) in [6.45, 7) is 6.66. The third-order valence-electron chi connectivity index (χ3n) is 5.12. The molecule has 1 aliphatic rings. The summed E-state index contributed by atoms with van der Waals surface area (Å²) in [6.07, 6.45) is 2.71. The highest BCUT2D eigenvalue weighted by molar-refractivity contribution is 5.86. The van der Waals surface area contributed by atoms with Gasteiger partial charge in [0.05, 0.1) is 18.0 Å². The molecule has 1 N–H and O–H groups in total. The lowest BCUT2D eigenvalue weighted by Crippen LogP contribution is -2.38. The van der Waals surface area contributed by atoms with Crippen LogP contribution in [0.5, 0.6) is 0 Å². The lowest BCUT2D eigenvalue weighted by molar-refractivity contribution is -0.131. The predicted molar refractivity (Wildman–Crippen MR) is 96.0 cm³/mol. The zero-order valence-electron chi connectivity index (χ0n) is 14.7. The smallest absolute Gasteiger partial charge is 0.227 e. The molecule has 24 heavy (non-hydrogen) atoms. The molecule has 0 spiro atoms. The average Bonchev–Trinajstić information content (AvgIpc) is 2.98. The van der Waals surface area contributed by atoms with E-state index in [1.54, 1.807) is 6.92 Å². The van der Waals surface area contributed by atoms with Crippen LogP contribution in [0.25, 0.3) is 10.9 Å². The SMILES string of the molecule is Cc1nc2ccccc2c(C)c1CC(=O)N1CCCC1CC(C)O. The summed E-state index contributed by atoms with van der Waals surface area (Å²) < 4.78 is 0. The predicted octanol–water partition coefficient (Wildman–Crippen LogP) is 3.16. The van der Waals surface area contributed by atoms with Crippen molar-refractivity contribution in [1.29, 1.82) is 0 Å². The van der Waals surface area contributed by atoms with E-state index in [2.05, 4.69) is 18.0 Å². The Bertz CT molecular complexity index is 755. The number of carbonyl (C=O) groups is 1. The second-order valence-electron chi connectivity index (χ2n) is 6.96. The molecule has 0 aliphatic carbocycles. The van der Waals surface area contributed by atoms with Crippen LogP contribution in [0.2, 0.25) is 0 Å². The summed E-state index contributed by atoms with van der Waals surface area (Å²) in [4.78, 5) is 19.5. The summed E-state index contributed by atoms with van der Waals surface area (Å²) in [5.74, 6) is 0.154. The maximum absolute atomic E-state index is 12.9. The van der Waals surface area contributed by atoms with Crippen molar-refractivity contribution in [3.05, 3.63) is 41.1 Å². The summed E-state index contributed by atoms with van der Waals surface area (Å²) in [7, 11) is 0. The summed E-state index contributed by atoms with van der Waals surface area (Å²) in [5, 5.41) is 10.8. The molecule has 1 saturated heterocycles. The Balaban J connectivity index is 1.85. The second-order valence-corrected chi connectivity index (χ2v) is 6.96. The number of aliphatic hydroxyl groups excluding tert-OH is 1. The highest BCUT2D eigenvalue weighted by Crippen LogP contribution is 2.26. The van der Waals surface area contributed by atoms with Crippen LogP contribution >= 0.6 is 0 Å². The van der Waals surface area contributed by atoms with Crippen molar-refractivity contribution in [1.82, 2.24) is 9.88 Å². The van der Waals surface area contributed by atoms with Gasteiger partial charge in [0.15, 0.2) is 0 Å². The molecule has 0 saturated carbocycles. The van der Waals surface area contributed by atoms with Crippen LogP contribution in [0.15, 0.2) is 24.3 Å². The van der Waals surface area contributed by atoms with Crippen molar-refractivity contribution in [3.63, 3.8) is 0 Å². The topological polar surface area (TPSA) is 53.4 Å². The molecule has 1 aromatic carbocycles. The molecule has 2 atom stereocenters. The minimum absolute atomic E-state index is 0.154. The molecule has 128 valence electrons. The fourth-order valence-electron chi connectivity index (χ4n) is 3.89. The Hall–Kier alpha value is -1.94.